The molecular formula is C17H22N4O2. The zero-order chi connectivity index (χ0) is 16.4. The Labute approximate surface area is 135 Å². The predicted octanol–water partition coefficient (Wildman–Crippen LogP) is 2.94. The Kier molecular flexibility index (Phi) is 4.34. The van der Waals surface area contributed by atoms with Crippen molar-refractivity contribution in [2.45, 2.75) is 26.4 Å². The average Bonchev–Trinajstić information content (AvgIpc) is 3.04. The second-order valence-electron chi connectivity index (χ2n) is 5.97. The molecule has 6 heteroatoms. The van der Waals surface area contributed by atoms with Gasteiger partial charge in [-0.3, -0.25) is 5.41 Å². The van der Waals surface area contributed by atoms with Gasteiger partial charge in [0.05, 0.1) is 29.3 Å². The Morgan fingerprint density at radius 3 is 2.91 bits per heavy atom. The van der Waals surface area contributed by atoms with E-state index in [4.69, 9.17) is 10.1 Å². The molecule has 0 spiro atoms. The van der Waals surface area contributed by atoms with Crippen LogP contribution in [0.15, 0.2) is 30.0 Å². The van der Waals surface area contributed by atoms with Crippen molar-refractivity contribution >= 4 is 22.4 Å². The molecule has 2 aromatic rings. The number of aromatic nitrogens is 2. The molecule has 2 heterocycles. The molecule has 0 saturated heterocycles. The minimum absolute atomic E-state index is 0.193. The predicted molar refractivity (Wildman–Crippen MR) is 90.6 cm³/mol. The Balaban J connectivity index is 1.70. The number of para-hydroxylation sites is 2. The summed E-state index contributed by atoms with van der Waals surface area (Å²) in [6.07, 6.45) is 1.03. The van der Waals surface area contributed by atoms with E-state index >= 15 is 0 Å². The largest absolute Gasteiger partial charge is 0.510 e. The maximum atomic E-state index is 10.3. The van der Waals surface area contributed by atoms with Crippen LogP contribution in [0, 0.1) is 5.41 Å². The Morgan fingerprint density at radius 2 is 2.17 bits per heavy atom. The number of imidazole rings is 1. The molecular weight excluding hydrogens is 292 g/mol. The highest BCUT2D eigenvalue weighted by Gasteiger charge is 2.29. The molecule has 0 bridgehead atoms. The van der Waals surface area contributed by atoms with Crippen LogP contribution in [0.25, 0.3) is 16.6 Å². The maximum absolute atomic E-state index is 10.3. The van der Waals surface area contributed by atoms with Gasteiger partial charge in [0, 0.05) is 13.2 Å². The molecule has 23 heavy (non-hydrogen) atoms. The number of aliphatic hydroxyl groups is 1. The molecule has 1 aromatic carbocycles. The standard InChI is InChI=1S/C17H22N4O2/c1-11(2)23-9-5-8-21-10-14(22)15(16(21)18)17-19-12-6-3-4-7-13(12)20-17/h3-4,6-7,11,18,22H,5,8-10H2,1-2H3,(H,19,20). The van der Waals surface area contributed by atoms with Crippen LogP contribution in [-0.2, 0) is 4.74 Å². The maximum Gasteiger partial charge on any atom is 0.145 e. The molecule has 3 N–H and O–H groups in total. The highest BCUT2D eigenvalue weighted by Crippen LogP contribution is 2.27. The summed E-state index contributed by atoms with van der Waals surface area (Å²) < 4.78 is 5.52. The first kappa shape index (κ1) is 15.6. The first-order valence-corrected chi connectivity index (χ1v) is 7.89. The Bertz CT molecular complexity index is 715. The normalized spacial score (nSPS) is 15.4. The quantitative estimate of drug-likeness (QED) is 0.716. The summed E-state index contributed by atoms with van der Waals surface area (Å²) in [6.45, 7) is 5.70. The molecule has 0 atom stereocenters. The molecule has 6 nitrogen and oxygen atoms in total. The molecule has 3 rings (SSSR count). The van der Waals surface area contributed by atoms with Crippen LogP contribution in [0.5, 0.6) is 0 Å². The van der Waals surface area contributed by atoms with Crippen LogP contribution < -0.4 is 0 Å². The summed E-state index contributed by atoms with van der Waals surface area (Å²) in [5, 5.41) is 18.6. The second-order valence-corrected chi connectivity index (χ2v) is 5.97. The number of aliphatic hydroxyl groups excluding tert-OH is 1. The van der Waals surface area contributed by atoms with E-state index in [1.165, 1.54) is 0 Å². The highest BCUT2D eigenvalue weighted by molar-refractivity contribution is 6.23. The van der Waals surface area contributed by atoms with E-state index < -0.39 is 0 Å². The van der Waals surface area contributed by atoms with Gasteiger partial charge in [-0.15, -0.1) is 0 Å². The van der Waals surface area contributed by atoms with Gasteiger partial charge in [0.15, 0.2) is 0 Å². The van der Waals surface area contributed by atoms with Crippen LogP contribution in [0.1, 0.15) is 26.1 Å². The summed E-state index contributed by atoms with van der Waals surface area (Å²) >= 11 is 0. The monoisotopic (exact) mass is 314 g/mol. The molecule has 122 valence electrons. The van der Waals surface area contributed by atoms with Crippen molar-refractivity contribution in [1.29, 1.82) is 5.41 Å². The van der Waals surface area contributed by atoms with Gasteiger partial charge in [0.2, 0.25) is 0 Å². The lowest BCUT2D eigenvalue weighted by atomic mass is 10.2. The van der Waals surface area contributed by atoms with Crippen LogP contribution in [0.3, 0.4) is 0 Å². The third kappa shape index (κ3) is 3.22. The SMILES string of the molecule is CC(C)OCCCN1CC(O)=C(c2nc3ccccc3[nH]2)C1=N. The lowest BCUT2D eigenvalue weighted by molar-refractivity contribution is 0.0742. The molecule has 0 amide bonds. The second kappa shape index (κ2) is 6.42. The van der Waals surface area contributed by atoms with Gasteiger partial charge in [-0.25, -0.2) is 4.98 Å². The van der Waals surface area contributed by atoms with Gasteiger partial charge in [-0.2, -0.15) is 0 Å². The van der Waals surface area contributed by atoms with Gasteiger partial charge in [-0.1, -0.05) is 12.1 Å². The topological polar surface area (TPSA) is 85.2 Å². The summed E-state index contributed by atoms with van der Waals surface area (Å²) in [7, 11) is 0. The number of aromatic amines is 1. The van der Waals surface area contributed by atoms with Crippen LogP contribution in [-0.4, -0.2) is 51.6 Å². The number of nitrogens with one attached hydrogen (secondary N) is 2. The highest BCUT2D eigenvalue weighted by atomic mass is 16.5. The molecule has 0 aliphatic carbocycles. The minimum atomic E-state index is 0.193. The minimum Gasteiger partial charge on any atom is -0.510 e. The van der Waals surface area contributed by atoms with Crippen molar-refractivity contribution in [2.24, 2.45) is 0 Å². The van der Waals surface area contributed by atoms with Crippen molar-refractivity contribution < 1.29 is 9.84 Å². The first-order valence-electron chi connectivity index (χ1n) is 7.89. The molecule has 1 aliphatic heterocycles. The van der Waals surface area contributed by atoms with E-state index in [1.54, 1.807) is 0 Å². The van der Waals surface area contributed by atoms with Crippen LogP contribution in [0.2, 0.25) is 0 Å². The van der Waals surface area contributed by atoms with Crippen molar-refractivity contribution in [2.75, 3.05) is 19.7 Å². The third-order valence-electron chi connectivity index (χ3n) is 3.83. The van der Waals surface area contributed by atoms with E-state index in [-0.39, 0.29) is 11.9 Å². The zero-order valence-corrected chi connectivity index (χ0v) is 13.5. The summed E-state index contributed by atoms with van der Waals surface area (Å²) in [6, 6.07) is 7.69. The summed E-state index contributed by atoms with van der Waals surface area (Å²) in [5.74, 6) is 1.06. The third-order valence-corrected chi connectivity index (χ3v) is 3.83. The lowest BCUT2D eigenvalue weighted by Crippen LogP contribution is -2.28. The molecule has 1 aromatic heterocycles. The van der Waals surface area contributed by atoms with E-state index in [2.05, 4.69) is 9.97 Å². The number of fused-ring (bicyclic) bond motifs is 1. The number of nitrogens with zero attached hydrogens (tertiary/aromatic N) is 2. The molecule has 0 unspecified atom stereocenters. The number of benzene rings is 1. The number of amidine groups is 1. The molecule has 1 aliphatic rings. The number of ether oxygens (including phenoxy) is 1. The first-order chi connectivity index (χ1) is 11.1. The number of hydrogen-bond donors (Lipinski definition) is 3. The van der Waals surface area contributed by atoms with Gasteiger partial charge >= 0.3 is 0 Å². The van der Waals surface area contributed by atoms with Crippen LogP contribution in [0.4, 0.5) is 0 Å². The lowest BCUT2D eigenvalue weighted by Gasteiger charge is -2.18. The summed E-state index contributed by atoms with van der Waals surface area (Å²) in [4.78, 5) is 9.51. The Hall–Kier alpha value is -2.34. The van der Waals surface area contributed by atoms with Gasteiger partial charge in [-0.05, 0) is 32.4 Å². The smallest absolute Gasteiger partial charge is 0.145 e. The van der Waals surface area contributed by atoms with Crippen molar-refractivity contribution in [3.05, 3.63) is 35.8 Å². The van der Waals surface area contributed by atoms with Crippen LogP contribution >= 0.6 is 0 Å². The molecule has 0 radical (unpaired) electrons. The van der Waals surface area contributed by atoms with E-state index in [1.807, 2.05) is 43.0 Å². The molecule has 0 saturated carbocycles. The Morgan fingerprint density at radius 1 is 1.39 bits per heavy atom. The summed E-state index contributed by atoms with van der Waals surface area (Å²) in [5.41, 5.74) is 2.23. The van der Waals surface area contributed by atoms with Crippen molar-refractivity contribution in [1.82, 2.24) is 14.9 Å². The van der Waals surface area contributed by atoms with E-state index in [0.717, 1.165) is 17.5 Å². The number of rotatable bonds is 6. The van der Waals surface area contributed by atoms with E-state index in [0.29, 0.717) is 36.9 Å². The van der Waals surface area contributed by atoms with Gasteiger partial charge in [0.1, 0.15) is 17.4 Å². The number of hydrogen-bond acceptors (Lipinski definition) is 4. The zero-order valence-electron chi connectivity index (χ0n) is 13.5. The van der Waals surface area contributed by atoms with Gasteiger partial charge in [0.25, 0.3) is 0 Å². The fourth-order valence-electron chi connectivity index (χ4n) is 2.72. The number of H-pyrrole nitrogens is 1. The fourth-order valence-corrected chi connectivity index (χ4v) is 2.72. The van der Waals surface area contributed by atoms with Crippen molar-refractivity contribution in [3.8, 4) is 0 Å². The van der Waals surface area contributed by atoms with E-state index in [9.17, 15) is 5.11 Å². The molecule has 0 fully saturated rings. The fraction of sp³-hybridized carbons (Fsp3) is 0.412. The van der Waals surface area contributed by atoms with Gasteiger partial charge < -0.3 is 19.7 Å². The average molecular weight is 314 g/mol. The van der Waals surface area contributed by atoms with Crippen molar-refractivity contribution in [3.63, 3.8) is 0 Å².